The van der Waals surface area contributed by atoms with E-state index in [-0.39, 0.29) is 5.96 Å². The van der Waals surface area contributed by atoms with Crippen molar-refractivity contribution in [1.82, 2.24) is 5.32 Å². The minimum Gasteiger partial charge on any atom is -0.480 e. The quantitative estimate of drug-likeness (QED) is 0.0568. The number of anilines is 1. The molecule has 0 aromatic heterocycles. The van der Waals surface area contributed by atoms with Gasteiger partial charge in [-0.1, -0.05) is 18.2 Å². The highest BCUT2D eigenvalue weighted by Crippen LogP contribution is 2.31. The molecule has 0 heterocycles. The molecule has 0 fully saturated rings. The molecule has 0 amide bonds. The number of nitrogens with one attached hydrogen (secondary N) is 3. The first-order valence-electron chi connectivity index (χ1n) is 15.0. The molecular formula is C31H47N5O8S. The number of guanidine groups is 1. The zero-order valence-corrected chi connectivity index (χ0v) is 26.8. The number of nitrogens with two attached hydrogens (primary N) is 2. The average Bonchev–Trinajstić information content (AvgIpc) is 2.97. The van der Waals surface area contributed by atoms with Gasteiger partial charge in [-0.15, -0.1) is 0 Å². The first-order valence-corrected chi connectivity index (χ1v) is 16.8. The van der Waals surface area contributed by atoms with E-state index in [0.29, 0.717) is 44.1 Å². The maximum Gasteiger partial charge on any atom is 0.333 e. The number of aryl methyl sites for hydroxylation is 1. The summed E-state index contributed by atoms with van der Waals surface area (Å²) in [7, 11) is -3.50. The molecule has 2 aromatic rings. The maximum atomic E-state index is 11.3. The monoisotopic (exact) mass is 649 g/mol. The highest BCUT2D eigenvalue weighted by Gasteiger charge is 2.20. The maximum absolute atomic E-state index is 11.3. The van der Waals surface area contributed by atoms with E-state index in [9.17, 15) is 23.1 Å². The third-order valence-electron chi connectivity index (χ3n) is 7.22. The van der Waals surface area contributed by atoms with Gasteiger partial charge in [0.15, 0.2) is 12.1 Å². The summed E-state index contributed by atoms with van der Waals surface area (Å²) in [5, 5.41) is 30.4. The Morgan fingerprint density at radius 1 is 1.07 bits per heavy atom. The van der Waals surface area contributed by atoms with Crippen molar-refractivity contribution >= 4 is 33.7 Å². The van der Waals surface area contributed by atoms with E-state index in [0.717, 1.165) is 56.2 Å². The molecule has 14 heteroatoms. The second-order valence-electron chi connectivity index (χ2n) is 11.0. The Morgan fingerprint density at radius 2 is 1.78 bits per heavy atom. The molecule has 45 heavy (non-hydrogen) atoms. The number of aliphatic carboxylic acids is 2. The van der Waals surface area contributed by atoms with Gasteiger partial charge in [0.2, 0.25) is 0 Å². The number of fused-ring (bicyclic) bond motifs is 1. The van der Waals surface area contributed by atoms with Gasteiger partial charge in [-0.05, 0) is 98.7 Å². The minimum absolute atomic E-state index is 0.112. The van der Waals surface area contributed by atoms with E-state index < -0.39 is 34.2 Å². The van der Waals surface area contributed by atoms with Crippen molar-refractivity contribution in [2.45, 2.75) is 70.4 Å². The Labute approximate surface area is 265 Å². The van der Waals surface area contributed by atoms with Gasteiger partial charge in [0, 0.05) is 31.8 Å². The van der Waals surface area contributed by atoms with Crippen molar-refractivity contribution in [3.8, 4) is 5.75 Å². The van der Waals surface area contributed by atoms with Crippen molar-refractivity contribution < 1.29 is 37.1 Å². The summed E-state index contributed by atoms with van der Waals surface area (Å²) in [6, 6.07) is 12.6. The summed E-state index contributed by atoms with van der Waals surface area (Å²) in [4.78, 5) is 21.4. The molecule has 1 aliphatic rings. The zero-order chi connectivity index (χ0) is 33.4. The molecule has 13 nitrogen and oxygen atoms in total. The van der Waals surface area contributed by atoms with Crippen LogP contribution in [0, 0.1) is 11.3 Å². The van der Waals surface area contributed by atoms with Gasteiger partial charge < -0.3 is 41.2 Å². The van der Waals surface area contributed by atoms with Crippen LogP contribution in [0.1, 0.15) is 55.7 Å². The highest BCUT2D eigenvalue weighted by molar-refractivity contribution is 7.86. The van der Waals surface area contributed by atoms with Crippen LogP contribution in [0.2, 0.25) is 0 Å². The van der Waals surface area contributed by atoms with Crippen LogP contribution in [0.4, 0.5) is 5.69 Å². The number of ether oxygens (including phenoxy) is 1. The van der Waals surface area contributed by atoms with Gasteiger partial charge in [-0.3, -0.25) is 10.2 Å². The van der Waals surface area contributed by atoms with Crippen molar-refractivity contribution in [2.75, 3.05) is 31.3 Å². The fourth-order valence-electron chi connectivity index (χ4n) is 4.96. The summed E-state index contributed by atoms with van der Waals surface area (Å²) < 4.78 is 32.9. The summed E-state index contributed by atoms with van der Waals surface area (Å²) in [5.74, 6) is -1.04. The summed E-state index contributed by atoms with van der Waals surface area (Å²) >= 11 is 0. The fraction of sp³-hybridized carbons (Fsp3) is 0.516. The molecule has 250 valence electrons. The van der Waals surface area contributed by atoms with Gasteiger partial charge in [-0.25, -0.2) is 4.79 Å². The Balaban J connectivity index is 0.000000498. The zero-order valence-electron chi connectivity index (χ0n) is 26.0. The molecule has 3 rings (SSSR count). The number of hydrogen-bond acceptors (Lipinski definition) is 9. The Bertz CT molecular complexity index is 1350. The van der Waals surface area contributed by atoms with Crippen LogP contribution in [0.3, 0.4) is 0 Å². The van der Waals surface area contributed by atoms with Crippen LogP contribution in [0.25, 0.3) is 0 Å². The van der Waals surface area contributed by atoms with Crippen LogP contribution in [0.5, 0.6) is 5.75 Å². The number of benzene rings is 2. The molecule has 2 unspecified atom stereocenters. The summed E-state index contributed by atoms with van der Waals surface area (Å²) in [6.45, 7) is 3.53. The second kappa shape index (κ2) is 18.8. The lowest BCUT2D eigenvalue weighted by Gasteiger charge is -2.25. The Hall–Kier alpha value is -3.88. The molecule has 3 atom stereocenters. The van der Waals surface area contributed by atoms with Crippen LogP contribution in [-0.2, 0) is 43.7 Å². The highest BCUT2D eigenvalue weighted by atomic mass is 32.2. The van der Waals surface area contributed by atoms with E-state index in [2.05, 4.69) is 10.6 Å². The first-order chi connectivity index (χ1) is 21.3. The molecule has 0 spiro atoms. The summed E-state index contributed by atoms with van der Waals surface area (Å²) in [6.07, 6.45) is 6.80. The number of carboxylic acids is 2. The fourth-order valence-corrected chi connectivity index (χ4v) is 5.42. The van der Waals surface area contributed by atoms with E-state index in [1.807, 2.05) is 36.4 Å². The molecule has 0 saturated carbocycles. The van der Waals surface area contributed by atoms with Crippen molar-refractivity contribution in [3.63, 3.8) is 0 Å². The van der Waals surface area contributed by atoms with Crippen molar-refractivity contribution in [1.29, 1.82) is 5.41 Å². The van der Waals surface area contributed by atoms with Crippen LogP contribution in [-0.4, -0.2) is 74.6 Å². The van der Waals surface area contributed by atoms with Gasteiger partial charge in [0.05, 0.1) is 6.26 Å². The lowest BCUT2D eigenvalue weighted by molar-refractivity contribution is -0.150. The van der Waals surface area contributed by atoms with E-state index >= 15 is 0 Å². The van der Waals surface area contributed by atoms with Crippen LogP contribution < -0.4 is 26.3 Å². The molecular weight excluding hydrogens is 602 g/mol. The Morgan fingerprint density at radius 3 is 2.38 bits per heavy atom. The summed E-state index contributed by atoms with van der Waals surface area (Å²) in [5.41, 5.74) is 14.6. The molecule has 0 bridgehead atoms. The SMILES string of the molecule is CCOC(Cc1ccc(NCCCC2CCc3cc(OS(C)(=O)=O)ccc3C2)cc1)C(=O)O.N=C(N)NCCC[C@H](N)C(=O)O. The number of carboxylic acid groups (broad SMARTS) is 2. The number of hydrogen-bond donors (Lipinski definition) is 7. The average molecular weight is 650 g/mol. The van der Waals surface area contributed by atoms with Crippen LogP contribution in [0.15, 0.2) is 42.5 Å². The minimum atomic E-state index is -3.50. The van der Waals surface area contributed by atoms with Gasteiger partial charge in [-0.2, -0.15) is 8.42 Å². The molecule has 2 aromatic carbocycles. The van der Waals surface area contributed by atoms with Gasteiger partial charge in [0.1, 0.15) is 11.8 Å². The topological polar surface area (TPSA) is 227 Å². The van der Waals surface area contributed by atoms with Crippen molar-refractivity contribution in [3.05, 3.63) is 59.2 Å². The second-order valence-corrected chi connectivity index (χ2v) is 12.6. The lowest BCUT2D eigenvalue weighted by atomic mass is 9.81. The smallest absolute Gasteiger partial charge is 0.333 e. The predicted octanol–water partition coefficient (Wildman–Crippen LogP) is 2.72. The molecule has 0 aliphatic heterocycles. The van der Waals surface area contributed by atoms with Crippen molar-refractivity contribution in [2.24, 2.45) is 17.4 Å². The number of rotatable bonds is 17. The molecule has 0 radical (unpaired) electrons. The van der Waals surface area contributed by atoms with Crippen LogP contribution >= 0.6 is 0 Å². The lowest BCUT2D eigenvalue weighted by Crippen LogP contribution is -2.34. The first kappa shape index (κ1) is 37.3. The molecule has 0 saturated heterocycles. The third-order valence-corrected chi connectivity index (χ3v) is 7.71. The van der Waals surface area contributed by atoms with E-state index in [4.69, 9.17) is 30.9 Å². The molecule has 1 aliphatic carbocycles. The third kappa shape index (κ3) is 15.1. The standard InChI is InChI=1S/C25H33NO6S.C6H14N4O2/c1-3-31-24(25(27)28)16-19-7-11-22(12-8-19)26-14-4-5-18-6-9-21-17-23(32-33(2,29)30)13-10-20(21)15-18;7-4(5(11)12)2-1-3-10-6(8)9/h7-8,10-13,17-18,24,26H,3-6,9,14-16H2,1-2H3,(H,27,28);4H,1-3,7H2,(H,11,12)(H4,8,9,10)/t;4-/m.0/s1. The van der Waals surface area contributed by atoms with Gasteiger partial charge >= 0.3 is 22.1 Å². The molecule has 9 N–H and O–H groups in total. The normalized spacial score (nSPS) is 15.4. The van der Waals surface area contributed by atoms with Gasteiger partial charge in [0.25, 0.3) is 0 Å². The predicted molar refractivity (Wildman–Crippen MR) is 173 cm³/mol. The Kier molecular flexibility index (Phi) is 15.6. The van der Waals surface area contributed by atoms with E-state index in [1.54, 1.807) is 13.0 Å². The van der Waals surface area contributed by atoms with E-state index in [1.165, 1.54) is 11.1 Å². The largest absolute Gasteiger partial charge is 0.480 e. The number of carbonyl (C=O) groups is 2.